The Labute approximate surface area is 116 Å². The fourth-order valence-corrected chi connectivity index (χ4v) is 3.72. The molecule has 0 saturated heterocycles. The van der Waals surface area contributed by atoms with E-state index in [4.69, 9.17) is 11.5 Å². The summed E-state index contributed by atoms with van der Waals surface area (Å²) in [5, 5.41) is 0. The van der Waals surface area contributed by atoms with Crippen LogP contribution in [0.4, 0.5) is 0 Å². The van der Waals surface area contributed by atoms with Gasteiger partial charge in [-0.15, -0.1) is 11.3 Å². The van der Waals surface area contributed by atoms with E-state index in [0.717, 1.165) is 12.3 Å². The van der Waals surface area contributed by atoms with Crippen LogP contribution in [0, 0.1) is 11.8 Å². The molecule has 0 saturated carbocycles. The Morgan fingerprint density at radius 2 is 1.83 bits per heavy atom. The normalized spacial score (nSPS) is 13.5. The second kappa shape index (κ2) is 7.93. The van der Waals surface area contributed by atoms with Crippen LogP contribution in [0.15, 0.2) is 12.1 Å². The predicted octanol–water partition coefficient (Wildman–Crippen LogP) is 3.36. The summed E-state index contributed by atoms with van der Waals surface area (Å²) in [6.45, 7) is 8.22. The van der Waals surface area contributed by atoms with E-state index in [0.29, 0.717) is 24.9 Å². The molecule has 0 aliphatic heterocycles. The van der Waals surface area contributed by atoms with Gasteiger partial charge in [-0.3, -0.25) is 0 Å². The van der Waals surface area contributed by atoms with E-state index < -0.39 is 0 Å². The molecule has 2 nitrogen and oxygen atoms in total. The highest BCUT2D eigenvalue weighted by Crippen LogP contribution is 2.32. The maximum Gasteiger partial charge on any atom is 0.00791 e. The first-order valence-electron chi connectivity index (χ1n) is 7.09. The van der Waals surface area contributed by atoms with Crippen LogP contribution >= 0.6 is 11.3 Å². The van der Waals surface area contributed by atoms with Gasteiger partial charge in [-0.2, -0.15) is 0 Å². The van der Waals surface area contributed by atoms with Crippen molar-refractivity contribution in [2.24, 2.45) is 23.3 Å². The lowest BCUT2D eigenvalue weighted by Crippen LogP contribution is -2.24. The van der Waals surface area contributed by atoms with Gasteiger partial charge in [0.1, 0.15) is 0 Å². The fourth-order valence-electron chi connectivity index (χ4n) is 2.30. The highest BCUT2D eigenvalue weighted by atomic mass is 32.1. The van der Waals surface area contributed by atoms with Gasteiger partial charge >= 0.3 is 0 Å². The average molecular weight is 268 g/mol. The zero-order valence-electron chi connectivity index (χ0n) is 12.0. The standard InChI is InChI=1S/C15H28N2S/c1-4-13(8-12(9-16)10-17)15-6-5-14(18-15)7-11(2)3/h5-6,11-13H,4,7-10,16-17H2,1-3H3. The molecule has 1 atom stereocenters. The van der Waals surface area contributed by atoms with Crippen LogP contribution in [0.25, 0.3) is 0 Å². The molecule has 0 aliphatic rings. The van der Waals surface area contributed by atoms with Crippen LogP contribution < -0.4 is 11.5 Å². The molecule has 0 radical (unpaired) electrons. The average Bonchev–Trinajstić information content (AvgIpc) is 2.78. The van der Waals surface area contributed by atoms with Gasteiger partial charge < -0.3 is 11.5 Å². The van der Waals surface area contributed by atoms with Crippen LogP contribution in [0.2, 0.25) is 0 Å². The van der Waals surface area contributed by atoms with Gasteiger partial charge in [0, 0.05) is 9.75 Å². The molecule has 18 heavy (non-hydrogen) atoms. The molecule has 0 aliphatic carbocycles. The molecular weight excluding hydrogens is 240 g/mol. The Bertz CT molecular complexity index is 329. The predicted molar refractivity (Wildman–Crippen MR) is 82.1 cm³/mol. The minimum absolute atomic E-state index is 0.464. The summed E-state index contributed by atoms with van der Waals surface area (Å²) in [5.41, 5.74) is 11.5. The smallest absolute Gasteiger partial charge is 0.00791 e. The van der Waals surface area contributed by atoms with Crippen LogP contribution in [0.5, 0.6) is 0 Å². The number of thiophene rings is 1. The van der Waals surface area contributed by atoms with E-state index >= 15 is 0 Å². The van der Waals surface area contributed by atoms with Crippen molar-refractivity contribution < 1.29 is 0 Å². The second-order valence-corrected chi connectivity index (χ2v) is 6.78. The lowest BCUT2D eigenvalue weighted by molar-refractivity contribution is 0.446. The molecule has 0 aromatic carbocycles. The Morgan fingerprint density at radius 1 is 1.17 bits per heavy atom. The van der Waals surface area contributed by atoms with E-state index in [1.807, 2.05) is 11.3 Å². The number of hydrogen-bond donors (Lipinski definition) is 2. The maximum atomic E-state index is 5.76. The molecule has 1 heterocycles. The molecule has 0 bridgehead atoms. The summed E-state index contributed by atoms with van der Waals surface area (Å²) in [7, 11) is 0. The van der Waals surface area contributed by atoms with Crippen LogP contribution in [0.3, 0.4) is 0 Å². The van der Waals surface area contributed by atoms with Crippen molar-refractivity contribution >= 4 is 11.3 Å². The summed E-state index contributed by atoms with van der Waals surface area (Å²) in [5.74, 6) is 1.83. The topological polar surface area (TPSA) is 52.0 Å². The van der Waals surface area contributed by atoms with E-state index in [2.05, 4.69) is 32.9 Å². The molecule has 104 valence electrons. The first-order valence-corrected chi connectivity index (χ1v) is 7.91. The van der Waals surface area contributed by atoms with Gasteiger partial charge in [-0.1, -0.05) is 20.8 Å². The minimum atomic E-state index is 0.464. The molecule has 0 spiro atoms. The molecule has 1 rings (SSSR count). The van der Waals surface area contributed by atoms with E-state index in [9.17, 15) is 0 Å². The van der Waals surface area contributed by atoms with Gasteiger partial charge in [0.2, 0.25) is 0 Å². The molecule has 0 amide bonds. The maximum absolute atomic E-state index is 5.76. The van der Waals surface area contributed by atoms with E-state index in [1.165, 1.54) is 22.6 Å². The van der Waals surface area contributed by atoms with Gasteiger partial charge in [-0.25, -0.2) is 0 Å². The Balaban J connectivity index is 2.66. The first-order chi connectivity index (χ1) is 8.60. The van der Waals surface area contributed by atoms with Gasteiger partial charge in [-0.05, 0) is 62.2 Å². The Morgan fingerprint density at radius 3 is 2.33 bits per heavy atom. The summed E-state index contributed by atoms with van der Waals surface area (Å²) in [6.07, 6.45) is 3.50. The highest BCUT2D eigenvalue weighted by molar-refractivity contribution is 7.12. The summed E-state index contributed by atoms with van der Waals surface area (Å²) < 4.78 is 0. The molecule has 1 aromatic heterocycles. The third kappa shape index (κ3) is 4.71. The van der Waals surface area contributed by atoms with Gasteiger partial charge in [0.05, 0.1) is 0 Å². The van der Waals surface area contributed by atoms with E-state index in [1.54, 1.807) is 0 Å². The largest absolute Gasteiger partial charge is 0.330 e. The summed E-state index contributed by atoms with van der Waals surface area (Å²) >= 11 is 1.98. The zero-order chi connectivity index (χ0) is 13.5. The monoisotopic (exact) mass is 268 g/mol. The van der Waals surface area contributed by atoms with Crippen molar-refractivity contribution in [1.82, 2.24) is 0 Å². The fraction of sp³-hybridized carbons (Fsp3) is 0.733. The minimum Gasteiger partial charge on any atom is -0.330 e. The van der Waals surface area contributed by atoms with Crippen LogP contribution in [-0.4, -0.2) is 13.1 Å². The third-order valence-corrected chi connectivity index (χ3v) is 4.74. The molecule has 4 N–H and O–H groups in total. The van der Waals surface area contributed by atoms with Crippen molar-refractivity contribution in [3.8, 4) is 0 Å². The van der Waals surface area contributed by atoms with Crippen LogP contribution in [0.1, 0.15) is 49.3 Å². The third-order valence-electron chi connectivity index (χ3n) is 3.47. The molecule has 0 fully saturated rings. The number of hydrogen-bond acceptors (Lipinski definition) is 3. The van der Waals surface area contributed by atoms with Crippen LogP contribution in [-0.2, 0) is 6.42 Å². The first kappa shape index (κ1) is 15.7. The highest BCUT2D eigenvalue weighted by Gasteiger charge is 2.17. The van der Waals surface area contributed by atoms with Crippen molar-refractivity contribution in [2.75, 3.05) is 13.1 Å². The number of nitrogens with two attached hydrogens (primary N) is 2. The molecule has 1 aromatic rings. The summed E-state index contributed by atoms with van der Waals surface area (Å²) in [4.78, 5) is 3.02. The van der Waals surface area contributed by atoms with Crippen molar-refractivity contribution in [3.63, 3.8) is 0 Å². The second-order valence-electron chi connectivity index (χ2n) is 5.58. The van der Waals surface area contributed by atoms with Crippen molar-refractivity contribution in [2.45, 2.75) is 46.0 Å². The molecular formula is C15H28N2S. The van der Waals surface area contributed by atoms with Crippen molar-refractivity contribution in [1.29, 1.82) is 0 Å². The SMILES string of the molecule is CCC(CC(CN)CN)c1ccc(CC(C)C)s1. The number of rotatable bonds is 8. The molecule has 3 heteroatoms. The Hall–Kier alpha value is -0.380. The van der Waals surface area contributed by atoms with E-state index in [-0.39, 0.29) is 0 Å². The summed E-state index contributed by atoms with van der Waals surface area (Å²) in [6, 6.07) is 4.60. The molecule has 1 unspecified atom stereocenters. The lowest BCUT2D eigenvalue weighted by atomic mass is 9.91. The Kier molecular flexibility index (Phi) is 6.90. The lowest BCUT2D eigenvalue weighted by Gasteiger charge is -2.19. The van der Waals surface area contributed by atoms with Gasteiger partial charge in [0.15, 0.2) is 0 Å². The quantitative estimate of drug-likeness (QED) is 0.759. The zero-order valence-corrected chi connectivity index (χ0v) is 12.8. The van der Waals surface area contributed by atoms with Gasteiger partial charge in [0.25, 0.3) is 0 Å². The van der Waals surface area contributed by atoms with Crippen molar-refractivity contribution in [3.05, 3.63) is 21.9 Å².